The quantitative estimate of drug-likeness (QED) is 0.556. The fraction of sp³-hybridized carbons (Fsp3) is 0.607. The number of fused-ring (bicyclic) bond motifs is 3. The summed E-state index contributed by atoms with van der Waals surface area (Å²) in [6, 6.07) is 4.27. The number of hydrogen-bond donors (Lipinski definition) is 1. The smallest absolute Gasteiger partial charge is 0.259 e. The Kier molecular flexibility index (Phi) is 6.72. The minimum absolute atomic E-state index is 0.00375. The minimum atomic E-state index is -2.59. The van der Waals surface area contributed by atoms with Crippen LogP contribution in [-0.2, 0) is 11.3 Å². The van der Waals surface area contributed by atoms with E-state index in [1.165, 1.54) is 0 Å². The molecule has 0 bridgehead atoms. The molecule has 6 rings (SSSR count). The van der Waals surface area contributed by atoms with Crippen LogP contribution in [-0.4, -0.2) is 81.8 Å². The van der Waals surface area contributed by atoms with Crippen molar-refractivity contribution in [2.24, 2.45) is 5.92 Å². The first kappa shape index (κ1) is 25.4. The fourth-order valence-corrected chi connectivity index (χ4v) is 6.44. The predicted molar refractivity (Wildman–Crippen MR) is 141 cm³/mol. The van der Waals surface area contributed by atoms with Gasteiger partial charge in [-0.3, -0.25) is 19.2 Å². The van der Waals surface area contributed by atoms with E-state index < -0.39 is 5.92 Å². The molecule has 0 unspecified atom stereocenters. The van der Waals surface area contributed by atoms with E-state index in [-0.39, 0.29) is 30.2 Å². The summed E-state index contributed by atoms with van der Waals surface area (Å²) >= 11 is 0. The summed E-state index contributed by atoms with van der Waals surface area (Å²) in [5.41, 5.74) is 2.51. The van der Waals surface area contributed by atoms with Crippen LogP contribution in [0.2, 0.25) is 0 Å². The van der Waals surface area contributed by atoms with Crippen LogP contribution in [0.3, 0.4) is 0 Å². The maximum absolute atomic E-state index is 13.7. The van der Waals surface area contributed by atoms with Crippen molar-refractivity contribution in [3.05, 3.63) is 39.8 Å². The third-order valence-electron chi connectivity index (χ3n) is 8.76. The molecule has 1 N–H and O–H groups in total. The van der Waals surface area contributed by atoms with Crippen LogP contribution in [0.5, 0.6) is 0 Å². The molecular formula is C28H35F2N5O3. The molecule has 2 saturated heterocycles. The van der Waals surface area contributed by atoms with Gasteiger partial charge in [-0.2, -0.15) is 5.10 Å². The lowest BCUT2D eigenvalue weighted by atomic mass is 9.87. The summed E-state index contributed by atoms with van der Waals surface area (Å²) in [5, 5.41) is 5.68. The molecule has 38 heavy (non-hydrogen) atoms. The zero-order valence-electron chi connectivity index (χ0n) is 21.8. The summed E-state index contributed by atoms with van der Waals surface area (Å²) in [6.45, 7) is 7.05. The number of piperazine rings is 1. The Morgan fingerprint density at radius 2 is 1.79 bits per heavy atom. The molecular weight excluding hydrogens is 492 g/mol. The molecule has 1 aliphatic carbocycles. The van der Waals surface area contributed by atoms with Crippen molar-refractivity contribution >= 4 is 27.7 Å². The van der Waals surface area contributed by atoms with E-state index in [0.29, 0.717) is 60.5 Å². The normalized spacial score (nSPS) is 21.9. The van der Waals surface area contributed by atoms with Gasteiger partial charge in [0, 0.05) is 75.8 Å². The van der Waals surface area contributed by atoms with Gasteiger partial charge in [-0.15, -0.1) is 0 Å². The molecule has 3 aliphatic rings. The molecule has 8 nitrogen and oxygen atoms in total. The highest BCUT2D eigenvalue weighted by Gasteiger charge is 2.35. The van der Waals surface area contributed by atoms with Crippen molar-refractivity contribution in [3.8, 4) is 0 Å². The van der Waals surface area contributed by atoms with E-state index in [4.69, 9.17) is 4.74 Å². The molecule has 204 valence electrons. The molecule has 0 radical (unpaired) electrons. The highest BCUT2D eigenvalue weighted by Crippen LogP contribution is 2.37. The van der Waals surface area contributed by atoms with Crippen LogP contribution >= 0.6 is 0 Å². The van der Waals surface area contributed by atoms with E-state index in [1.54, 1.807) is 10.9 Å². The molecule has 1 amide bonds. The Bertz CT molecular complexity index is 1390. The van der Waals surface area contributed by atoms with Crippen LogP contribution < -0.4 is 5.56 Å². The van der Waals surface area contributed by atoms with E-state index in [9.17, 15) is 18.4 Å². The van der Waals surface area contributed by atoms with Crippen molar-refractivity contribution < 1.29 is 18.3 Å². The van der Waals surface area contributed by atoms with Crippen molar-refractivity contribution in [2.45, 2.75) is 64.0 Å². The summed E-state index contributed by atoms with van der Waals surface area (Å²) in [7, 11) is 0. The third-order valence-corrected chi connectivity index (χ3v) is 8.76. The standard InChI is InChI=1S/C28H35F2N5O3/c1-18-14-24-22(15-21(18)27(37)34-10-8-33(9-11-34)20-4-12-38-13-5-20)25-23(26(36)32-24)16-31-35(25)17-19-2-6-28(29,30)7-3-19/h14-16,19-20H,2-13,17H2,1H3,(H,32,36). The lowest BCUT2D eigenvalue weighted by molar-refractivity contribution is -0.0475. The van der Waals surface area contributed by atoms with Gasteiger partial charge in [0.05, 0.1) is 22.6 Å². The van der Waals surface area contributed by atoms with Gasteiger partial charge in [0.1, 0.15) is 0 Å². The highest BCUT2D eigenvalue weighted by atomic mass is 19.3. The zero-order chi connectivity index (χ0) is 26.4. The van der Waals surface area contributed by atoms with E-state index in [0.717, 1.165) is 50.1 Å². The van der Waals surface area contributed by atoms with E-state index in [2.05, 4.69) is 15.0 Å². The monoisotopic (exact) mass is 527 g/mol. The van der Waals surface area contributed by atoms with Crippen LogP contribution in [0.15, 0.2) is 23.1 Å². The van der Waals surface area contributed by atoms with Crippen molar-refractivity contribution in [1.82, 2.24) is 24.6 Å². The Labute approximate surface area is 219 Å². The number of ether oxygens (including phenoxy) is 1. The molecule has 3 aromatic rings. The summed E-state index contributed by atoms with van der Waals surface area (Å²) in [6.07, 6.45) is 4.26. The SMILES string of the molecule is Cc1cc2[nH]c(=O)c3cnn(CC4CCC(F)(F)CC4)c3c2cc1C(=O)N1CCN(C2CCOCC2)CC1. The van der Waals surface area contributed by atoms with Crippen LogP contribution in [0, 0.1) is 12.8 Å². The van der Waals surface area contributed by atoms with Gasteiger partial charge >= 0.3 is 0 Å². The highest BCUT2D eigenvalue weighted by molar-refractivity contribution is 6.07. The Morgan fingerprint density at radius 1 is 1.08 bits per heavy atom. The maximum Gasteiger partial charge on any atom is 0.259 e. The number of halogens is 2. The van der Waals surface area contributed by atoms with E-state index in [1.807, 2.05) is 24.0 Å². The maximum atomic E-state index is 13.7. The number of rotatable bonds is 4. The van der Waals surface area contributed by atoms with Crippen LogP contribution in [0.25, 0.3) is 21.8 Å². The summed E-state index contributed by atoms with van der Waals surface area (Å²) in [4.78, 5) is 33.8. The second-order valence-corrected chi connectivity index (χ2v) is 11.2. The molecule has 0 atom stereocenters. The Balaban J connectivity index is 1.27. The first-order valence-electron chi connectivity index (χ1n) is 13.8. The van der Waals surface area contributed by atoms with Gasteiger partial charge in [0.25, 0.3) is 11.5 Å². The number of nitrogens with zero attached hydrogens (tertiary/aromatic N) is 4. The molecule has 2 aromatic heterocycles. The molecule has 2 aliphatic heterocycles. The van der Waals surface area contributed by atoms with Crippen molar-refractivity contribution in [2.75, 3.05) is 39.4 Å². The van der Waals surface area contributed by atoms with Crippen LogP contribution in [0.4, 0.5) is 8.78 Å². The number of aromatic nitrogens is 3. The number of amides is 1. The van der Waals surface area contributed by atoms with Gasteiger partial charge < -0.3 is 14.6 Å². The summed E-state index contributed by atoms with van der Waals surface area (Å²) < 4.78 is 34.6. The van der Waals surface area contributed by atoms with Crippen molar-refractivity contribution in [1.29, 1.82) is 0 Å². The largest absolute Gasteiger partial charge is 0.381 e. The molecule has 3 fully saturated rings. The second-order valence-electron chi connectivity index (χ2n) is 11.2. The number of pyridine rings is 1. The second kappa shape index (κ2) is 10.0. The number of hydrogen-bond acceptors (Lipinski definition) is 5. The van der Waals surface area contributed by atoms with Gasteiger partial charge in [0.15, 0.2) is 0 Å². The topological polar surface area (TPSA) is 83.5 Å². The lowest BCUT2D eigenvalue weighted by Crippen LogP contribution is -2.53. The number of aromatic amines is 1. The van der Waals surface area contributed by atoms with Crippen LogP contribution in [0.1, 0.15) is 54.4 Å². The zero-order valence-corrected chi connectivity index (χ0v) is 21.8. The van der Waals surface area contributed by atoms with Gasteiger partial charge in [-0.05, 0) is 56.2 Å². The molecule has 0 spiro atoms. The number of alkyl halides is 2. The number of benzene rings is 1. The third kappa shape index (κ3) is 4.84. The minimum Gasteiger partial charge on any atom is -0.381 e. The Hall–Kier alpha value is -2.85. The number of nitrogens with one attached hydrogen (secondary N) is 1. The fourth-order valence-electron chi connectivity index (χ4n) is 6.44. The first-order valence-corrected chi connectivity index (χ1v) is 13.8. The van der Waals surface area contributed by atoms with E-state index >= 15 is 0 Å². The molecule has 10 heteroatoms. The lowest BCUT2D eigenvalue weighted by Gasteiger charge is -2.40. The van der Waals surface area contributed by atoms with Gasteiger partial charge in [0.2, 0.25) is 5.92 Å². The molecule has 1 aromatic carbocycles. The van der Waals surface area contributed by atoms with Crippen molar-refractivity contribution in [3.63, 3.8) is 0 Å². The molecule has 1 saturated carbocycles. The van der Waals surface area contributed by atoms with Gasteiger partial charge in [-0.1, -0.05) is 0 Å². The number of aryl methyl sites for hydroxylation is 1. The predicted octanol–water partition coefficient (Wildman–Crippen LogP) is 3.95. The molecule has 4 heterocycles. The average Bonchev–Trinajstić information content (AvgIpc) is 3.34. The number of carbonyl (C=O) groups is 1. The average molecular weight is 528 g/mol. The number of carbonyl (C=O) groups excluding carboxylic acids is 1. The Morgan fingerprint density at radius 3 is 2.50 bits per heavy atom. The first-order chi connectivity index (χ1) is 18.3. The van der Waals surface area contributed by atoms with Gasteiger partial charge in [-0.25, -0.2) is 8.78 Å². The summed E-state index contributed by atoms with van der Waals surface area (Å²) in [5.74, 6) is -2.52. The number of H-pyrrole nitrogens is 1.